The van der Waals surface area contributed by atoms with Gasteiger partial charge in [0.2, 0.25) is 0 Å². The van der Waals surface area contributed by atoms with Gasteiger partial charge in [-0.25, -0.2) is 0 Å². The van der Waals surface area contributed by atoms with E-state index in [-0.39, 0.29) is 6.61 Å². The highest BCUT2D eigenvalue weighted by Gasteiger charge is 2.16. The van der Waals surface area contributed by atoms with Crippen LogP contribution in [0.15, 0.2) is 72.8 Å². The minimum absolute atomic E-state index is 0.284. The van der Waals surface area contributed by atoms with Crippen molar-refractivity contribution in [1.29, 1.82) is 0 Å². The first-order valence-electron chi connectivity index (χ1n) is 9.20. The molecule has 1 N–H and O–H groups in total. The van der Waals surface area contributed by atoms with Gasteiger partial charge < -0.3 is 9.84 Å². The molecule has 136 valence electrons. The fourth-order valence-electron chi connectivity index (χ4n) is 3.11. The van der Waals surface area contributed by atoms with Crippen LogP contribution in [0, 0.1) is 0 Å². The van der Waals surface area contributed by atoms with Crippen molar-refractivity contribution < 1.29 is 9.84 Å². The quantitative estimate of drug-likeness (QED) is 0.650. The molecule has 3 rings (SSSR count). The molecular formula is C23H27NO2. The lowest BCUT2D eigenvalue weighted by molar-refractivity contribution is 0.0547. The molecule has 3 heteroatoms. The first-order chi connectivity index (χ1) is 12.6. The molecule has 0 amide bonds. The molecule has 0 aliphatic rings. The zero-order valence-corrected chi connectivity index (χ0v) is 15.5. The van der Waals surface area contributed by atoms with Gasteiger partial charge in [-0.05, 0) is 30.9 Å². The van der Waals surface area contributed by atoms with E-state index >= 15 is 0 Å². The highest BCUT2D eigenvalue weighted by Crippen LogP contribution is 2.25. The van der Waals surface area contributed by atoms with E-state index in [0.717, 1.165) is 23.1 Å². The average Bonchev–Trinajstić information content (AvgIpc) is 2.66. The fraction of sp³-hybridized carbons (Fsp3) is 0.304. The van der Waals surface area contributed by atoms with Crippen molar-refractivity contribution in [2.24, 2.45) is 0 Å². The Kier molecular flexibility index (Phi) is 6.26. The third-order valence-electron chi connectivity index (χ3n) is 4.58. The van der Waals surface area contributed by atoms with Crippen molar-refractivity contribution in [3.8, 4) is 5.75 Å². The summed E-state index contributed by atoms with van der Waals surface area (Å²) < 4.78 is 5.94. The zero-order chi connectivity index (χ0) is 18.4. The van der Waals surface area contributed by atoms with Gasteiger partial charge in [-0.3, -0.25) is 4.90 Å². The molecule has 0 aromatic heterocycles. The molecule has 0 aliphatic carbocycles. The van der Waals surface area contributed by atoms with Gasteiger partial charge in [0.05, 0.1) is 0 Å². The first-order valence-corrected chi connectivity index (χ1v) is 9.20. The second-order valence-corrected chi connectivity index (χ2v) is 6.95. The smallest absolute Gasteiger partial charge is 0.127 e. The second kappa shape index (κ2) is 8.84. The summed E-state index contributed by atoms with van der Waals surface area (Å²) in [5.74, 6) is 0.821. The molecule has 0 bridgehead atoms. The van der Waals surface area contributed by atoms with E-state index in [4.69, 9.17) is 4.74 Å². The second-order valence-electron chi connectivity index (χ2n) is 6.95. The summed E-state index contributed by atoms with van der Waals surface area (Å²) in [6, 6.07) is 24.9. The Bertz CT molecular complexity index is 811. The van der Waals surface area contributed by atoms with Crippen molar-refractivity contribution in [2.45, 2.75) is 32.5 Å². The Balaban J connectivity index is 1.60. The van der Waals surface area contributed by atoms with Gasteiger partial charge >= 0.3 is 0 Å². The number of benzene rings is 3. The molecule has 0 spiro atoms. The van der Waals surface area contributed by atoms with Crippen molar-refractivity contribution in [3.63, 3.8) is 0 Å². The third-order valence-corrected chi connectivity index (χ3v) is 4.58. The van der Waals surface area contributed by atoms with E-state index in [1.165, 1.54) is 5.56 Å². The summed E-state index contributed by atoms with van der Waals surface area (Å²) in [6.07, 6.45) is -0.542. The first kappa shape index (κ1) is 18.4. The number of aliphatic hydroxyl groups excluding tert-OH is 1. The molecule has 3 aromatic carbocycles. The Morgan fingerprint density at radius 3 is 2.35 bits per heavy atom. The summed E-state index contributed by atoms with van der Waals surface area (Å²) in [6.45, 7) is 6.00. The molecule has 0 saturated carbocycles. The maximum atomic E-state index is 10.5. The predicted octanol–water partition coefficient (Wildman–Crippen LogP) is 4.49. The van der Waals surface area contributed by atoms with Gasteiger partial charge in [-0.15, -0.1) is 0 Å². The molecule has 0 aliphatic heterocycles. The summed E-state index contributed by atoms with van der Waals surface area (Å²) in [4.78, 5) is 2.27. The van der Waals surface area contributed by atoms with E-state index in [1.807, 2.05) is 48.5 Å². The number of rotatable bonds is 8. The lowest BCUT2D eigenvalue weighted by Gasteiger charge is -2.29. The van der Waals surface area contributed by atoms with Gasteiger partial charge in [0, 0.05) is 24.5 Å². The van der Waals surface area contributed by atoms with Crippen molar-refractivity contribution in [3.05, 3.63) is 78.4 Å². The summed E-state index contributed by atoms with van der Waals surface area (Å²) in [5, 5.41) is 12.7. The number of fused-ring (bicyclic) bond motifs is 1. The van der Waals surface area contributed by atoms with E-state index in [9.17, 15) is 5.11 Å². The Hall–Kier alpha value is -2.36. The largest absolute Gasteiger partial charge is 0.490 e. The summed E-state index contributed by atoms with van der Waals surface area (Å²) in [7, 11) is 0. The molecular weight excluding hydrogens is 322 g/mol. The highest BCUT2D eigenvalue weighted by molar-refractivity contribution is 5.88. The minimum atomic E-state index is -0.542. The van der Waals surface area contributed by atoms with Crippen molar-refractivity contribution >= 4 is 10.8 Å². The fourth-order valence-corrected chi connectivity index (χ4v) is 3.11. The monoisotopic (exact) mass is 349 g/mol. The van der Waals surface area contributed by atoms with E-state index in [1.54, 1.807) is 0 Å². The average molecular weight is 349 g/mol. The zero-order valence-electron chi connectivity index (χ0n) is 15.5. The van der Waals surface area contributed by atoms with E-state index in [0.29, 0.717) is 12.6 Å². The standard InChI is InChI=1S/C23H27NO2/c1-18(2)24(15-19-9-4-3-5-10-19)16-21(25)17-26-23-14-8-12-20-11-6-7-13-22(20)23/h3-14,18,21,25H,15-17H2,1-2H3/t21-/m1/s1. The Morgan fingerprint density at radius 2 is 1.58 bits per heavy atom. The van der Waals surface area contributed by atoms with Crippen molar-refractivity contribution in [2.75, 3.05) is 13.2 Å². The molecule has 0 saturated heterocycles. The maximum Gasteiger partial charge on any atom is 0.127 e. The molecule has 0 unspecified atom stereocenters. The Labute approximate surface area is 155 Å². The van der Waals surface area contributed by atoms with Crippen molar-refractivity contribution in [1.82, 2.24) is 4.90 Å². The minimum Gasteiger partial charge on any atom is -0.490 e. The normalized spacial score (nSPS) is 12.7. The van der Waals surface area contributed by atoms with Crippen LogP contribution in [-0.2, 0) is 6.54 Å². The van der Waals surface area contributed by atoms with Crippen LogP contribution in [0.2, 0.25) is 0 Å². The van der Waals surface area contributed by atoms with Gasteiger partial charge in [0.1, 0.15) is 18.5 Å². The summed E-state index contributed by atoms with van der Waals surface area (Å²) >= 11 is 0. The van der Waals surface area contributed by atoms with Gasteiger partial charge in [0.15, 0.2) is 0 Å². The molecule has 0 radical (unpaired) electrons. The molecule has 3 aromatic rings. The molecule has 3 nitrogen and oxygen atoms in total. The lowest BCUT2D eigenvalue weighted by atomic mass is 10.1. The number of hydrogen-bond acceptors (Lipinski definition) is 3. The highest BCUT2D eigenvalue weighted by atomic mass is 16.5. The van der Waals surface area contributed by atoms with Gasteiger partial charge in [0.25, 0.3) is 0 Å². The van der Waals surface area contributed by atoms with Crippen LogP contribution in [0.3, 0.4) is 0 Å². The molecule has 0 heterocycles. The van der Waals surface area contributed by atoms with Crippen LogP contribution >= 0.6 is 0 Å². The third kappa shape index (κ3) is 4.84. The van der Waals surface area contributed by atoms with Crippen LogP contribution in [0.5, 0.6) is 5.75 Å². The number of ether oxygens (including phenoxy) is 1. The van der Waals surface area contributed by atoms with E-state index in [2.05, 4.69) is 43.0 Å². The van der Waals surface area contributed by atoms with E-state index < -0.39 is 6.10 Å². The van der Waals surface area contributed by atoms with Crippen LogP contribution in [0.4, 0.5) is 0 Å². The molecule has 0 fully saturated rings. The molecule has 26 heavy (non-hydrogen) atoms. The number of hydrogen-bond donors (Lipinski definition) is 1. The van der Waals surface area contributed by atoms with Crippen LogP contribution < -0.4 is 4.74 Å². The number of aliphatic hydroxyl groups is 1. The lowest BCUT2D eigenvalue weighted by Crippen LogP contribution is -2.39. The maximum absolute atomic E-state index is 10.5. The van der Waals surface area contributed by atoms with Gasteiger partial charge in [-0.1, -0.05) is 66.7 Å². The molecule has 1 atom stereocenters. The Morgan fingerprint density at radius 1 is 0.885 bits per heavy atom. The van der Waals surface area contributed by atoms with Crippen LogP contribution in [0.1, 0.15) is 19.4 Å². The topological polar surface area (TPSA) is 32.7 Å². The van der Waals surface area contributed by atoms with Crippen LogP contribution in [0.25, 0.3) is 10.8 Å². The predicted molar refractivity (Wildman–Crippen MR) is 107 cm³/mol. The number of nitrogens with zero attached hydrogens (tertiary/aromatic N) is 1. The SMILES string of the molecule is CC(C)N(Cc1ccccc1)C[C@@H](O)COc1cccc2ccccc12. The van der Waals surface area contributed by atoms with Crippen LogP contribution in [-0.4, -0.2) is 35.3 Å². The van der Waals surface area contributed by atoms with Gasteiger partial charge in [-0.2, -0.15) is 0 Å². The summed E-state index contributed by atoms with van der Waals surface area (Å²) in [5.41, 5.74) is 1.25.